The number of Topliss-reactive ketones (excluding diaryl/α,β-unsaturated/α-hetero) is 1. The second-order valence-electron chi connectivity index (χ2n) is 8.89. The van der Waals surface area contributed by atoms with Crippen LogP contribution in [0.3, 0.4) is 0 Å². The Morgan fingerprint density at radius 3 is 2.50 bits per heavy atom. The zero-order valence-corrected chi connectivity index (χ0v) is 22.6. The molecule has 0 saturated carbocycles. The van der Waals surface area contributed by atoms with Crippen LogP contribution >= 0.6 is 15.9 Å². The van der Waals surface area contributed by atoms with Crippen molar-refractivity contribution < 1.29 is 28.2 Å². The summed E-state index contributed by atoms with van der Waals surface area (Å²) in [5, 5.41) is 3.29. The maximum Gasteiger partial charge on any atom is 0.336 e. The molecule has 0 spiro atoms. The molecule has 1 heterocycles. The lowest BCUT2D eigenvalue weighted by Crippen LogP contribution is -2.29. The Hall–Kier alpha value is -3.91. The van der Waals surface area contributed by atoms with E-state index >= 15 is 0 Å². The summed E-state index contributed by atoms with van der Waals surface area (Å²) in [4.78, 5) is 26.9. The number of nitrogens with one attached hydrogen (secondary N) is 1. The lowest BCUT2D eigenvalue weighted by Gasteiger charge is -2.30. The molecular weight excluding hydrogens is 553 g/mol. The topological polar surface area (TPSA) is 73.9 Å². The van der Waals surface area contributed by atoms with E-state index < -0.39 is 11.9 Å². The van der Waals surface area contributed by atoms with Crippen molar-refractivity contribution in [2.75, 3.05) is 13.7 Å². The molecule has 5 rings (SSSR count). The molecule has 194 valence electrons. The van der Waals surface area contributed by atoms with Crippen molar-refractivity contribution in [3.05, 3.63) is 110 Å². The number of ketones is 1. The normalized spacial score (nSPS) is 16.1. The average molecular weight is 578 g/mol. The first-order valence-corrected chi connectivity index (χ1v) is 12.9. The van der Waals surface area contributed by atoms with Crippen LogP contribution in [0.25, 0.3) is 5.70 Å². The molecule has 0 amide bonds. The number of ether oxygens (including phenoxy) is 3. The number of fused-ring (bicyclic) bond motifs is 2. The molecule has 1 N–H and O–H groups in total. The summed E-state index contributed by atoms with van der Waals surface area (Å²) in [7, 11) is 1.50. The summed E-state index contributed by atoms with van der Waals surface area (Å²) >= 11 is 3.57. The molecule has 8 heteroatoms. The van der Waals surface area contributed by atoms with Crippen LogP contribution in [0.15, 0.2) is 82.0 Å². The average Bonchev–Trinajstić information content (AvgIpc) is 3.19. The van der Waals surface area contributed by atoms with Crippen LogP contribution in [0.4, 0.5) is 4.39 Å². The Morgan fingerprint density at radius 1 is 1.08 bits per heavy atom. The van der Waals surface area contributed by atoms with E-state index in [-0.39, 0.29) is 24.8 Å². The van der Waals surface area contributed by atoms with Gasteiger partial charge in [0.15, 0.2) is 17.3 Å². The van der Waals surface area contributed by atoms with E-state index in [1.54, 1.807) is 50.2 Å². The maximum atomic E-state index is 14.2. The van der Waals surface area contributed by atoms with Gasteiger partial charge in [-0.3, -0.25) is 4.79 Å². The SMILES string of the molecule is CCOC(=O)C1=C(C)NC2=C(C(=O)c3ccccc32)[C@@H]1c1cc(Br)c(OCc2ccccc2F)c(OC)c1. The molecule has 0 fully saturated rings. The van der Waals surface area contributed by atoms with E-state index in [9.17, 15) is 14.0 Å². The molecule has 2 aliphatic rings. The Bertz CT molecular complexity index is 1530. The Morgan fingerprint density at radius 2 is 1.79 bits per heavy atom. The highest BCUT2D eigenvalue weighted by molar-refractivity contribution is 9.10. The van der Waals surface area contributed by atoms with Gasteiger partial charge in [-0.2, -0.15) is 0 Å². The lowest BCUT2D eigenvalue weighted by atomic mass is 9.79. The number of methoxy groups -OCH3 is 1. The van der Waals surface area contributed by atoms with Gasteiger partial charge in [-0.15, -0.1) is 0 Å². The fourth-order valence-electron chi connectivity index (χ4n) is 4.95. The number of benzene rings is 3. The van der Waals surface area contributed by atoms with Crippen LogP contribution in [0.2, 0.25) is 0 Å². The first-order chi connectivity index (χ1) is 18.3. The minimum absolute atomic E-state index is 0.00941. The van der Waals surface area contributed by atoms with Crippen LogP contribution in [0, 0.1) is 5.82 Å². The largest absolute Gasteiger partial charge is 0.493 e. The minimum atomic E-state index is -0.712. The molecule has 0 aromatic heterocycles. The molecule has 3 aromatic rings. The van der Waals surface area contributed by atoms with Crippen molar-refractivity contribution in [3.63, 3.8) is 0 Å². The molecule has 0 saturated heterocycles. The second-order valence-corrected chi connectivity index (χ2v) is 9.75. The third-order valence-corrected chi connectivity index (χ3v) is 7.25. The number of allylic oxidation sites excluding steroid dienone is 2. The van der Waals surface area contributed by atoms with Gasteiger partial charge in [-0.1, -0.05) is 42.5 Å². The lowest BCUT2D eigenvalue weighted by molar-refractivity contribution is -0.138. The van der Waals surface area contributed by atoms with Gasteiger partial charge in [0.1, 0.15) is 12.4 Å². The second kappa shape index (κ2) is 10.5. The number of hydrogen-bond donors (Lipinski definition) is 1. The first-order valence-electron chi connectivity index (χ1n) is 12.1. The molecule has 3 aromatic carbocycles. The fourth-order valence-corrected chi connectivity index (χ4v) is 5.53. The van der Waals surface area contributed by atoms with E-state index in [4.69, 9.17) is 14.2 Å². The van der Waals surface area contributed by atoms with Crippen molar-refractivity contribution in [2.24, 2.45) is 0 Å². The van der Waals surface area contributed by atoms with E-state index in [0.717, 1.165) is 5.56 Å². The van der Waals surface area contributed by atoms with Gasteiger partial charge in [0.25, 0.3) is 0 Å². The first kappa shape index (κ1) is 25.7. The van der Waals surface area contributed by atoms with Gasteiger partial charge < -0.3 is 19.5 Å². The predicted molar refractivity (Wildman–Crippen MR) is 144 cm³/mol. The van der Waals surface area contributed by atoms with Crippen molar-refractivity contribution in [1.29, 1.82) is 0 Å². The van der Waals surface area contributed by atoms with E-state index in [1.807, 2.05) is 18.2 Å². The third kappa shape index (κ3) is 4.39. The highest BCUT2D eigenvalue weighted by Crippen LogP contribution is 2.49. The van der Waals surface area contributed by atoms with E-state index in [2.05, 4.69) is 21.2 Å². The zero-order chi connectivity index (χ0) is 27.0. The number of rotatable bonds is 7. The van der Waals surface area contributed by atoms with Crippen LogP contribution in [0.5, 0.6) is 11.5 Å². The molecule has 38 heavy (non-hydrogen) atoms. The maximum absolute atomic E-state index is 14.2. The number of carbonyl (C=O) groups excluding carboxylic acids is 2. The van der Waals surface area contributed by atoms with Crippen LogP contribution in [0.1, 0.15) is 46.8 Å². The molecule has 1 atom stereocenters. The van der Waals surface area contributed by atoms with Crippen molar-refractivity contribution in [1.82, 2.24) is 5.32 Å². The number of dihydropyridines is 1. The molecule has 0 bridgehead atoms. The summed E-state index contributed by atoms with van der Waals surface area (Å²) in [6.45, 7) is 3.72. The highest BCUT2D eigenvalue weighted by Gasteiger charge is 2.43. The van der Waals surface area contributed by atoms with E-state index in [0.29, 0.717) is 55.2 Å². The highest BCUT2D eigenvalue weighted by atomic mass is 79.9. The van der Waals surface area contributed by atoms with Gasteiger partial charge in [-0.25, -0.2) is 9.18 Å². The van der Waals surface area contributed by atoms with Gasteiger partial charge in [0.05, 0.1) is 29.5 Å². The van der Waals surface area contributed by atoms with Crippen LogP contribution in [-0.4, -0.2) is 25.5 Å². The monoisotopic (exact) mass is 577 g/mol. The Balaban J connectivity index is 1.61. The minimum Gasteiger partial charge on any atom is -0.493 e. The van der Waals surface area contributed by atoms with Crippen molar-refractivity contribution >= 4 is 33.4 Å². The summed E-state index contributed by atoms with van der Waals surface area (Å²) in [5.41, 5.74) is 4.50. The summed E-state index contributed by atoms with van der Waals surface area (Å²) in [6, 6.07) is 17.3. The van der Waals surface area contributed by atoms with Gasteiger partial charge in [0, 0.05) is 33.9 Å². The summed E-state index contributed by atoms with van der Waals surface area (Å²) in [5.74, 6) is -0.995. The summed E-state index contributed by atoms with van der Waals surface area (Å²) in [6.07, 6.45) is 0. The smallest absolute Gasteiger partial charge is 0.336 e. The number of halogens is 2. The zero-order valence-electron chi connectivity index (χ0n) is 21.1. The van der Waals surface area contributed by atoms with Gasteiger partial charge in [0.2, 0.25) is 0 Å². The fraction of sp³-hybridized carbons (Fsp3) is 0.200. The van der Waals surface area contributed by atoms with Gasteiger partial charge >= 0.3 is 5.97 Å². The molecule has 6 nitrogen and oxygen atoms in total. The van der Waals surface area contributed by atoms with E-state index in [1.165, 1.54) is 13.2 Å². The Kier molecular flexibility index (Phi) is 7.08. The Labute approximate surface area is 228 Å². The summed E-state index contributed by atoms with van der Waals surface area (Å²) < 4.78 is 31.7. The number of carbonyl (C=O) groups is 2. The number of hydrogen-bond acceptors (Lipinski definition) is 6. The van der Waals surface area contributed by atoms with Crippen LogP contribution in [-0.2, 0) is 16.1 Å². The molecular formula is C30H25BrFNO5. The van der Waals surface area contributed by atoms with Crippen molar-refractivity contribution in [2.45, 2.75) is 26.4 Å². The molecule has 1 aliphatic heterocycles. The quantitative estimate of drug-likeness (QED) is 0.332. The number of esters is 1. The molecule has 0 unspecified atom stereocenters. The third-order valence-electron chi connectivity index (χ3n) is 6.66. The van der Waals surface area contributed by atoms with Crippen molar-refractivity contribution in [3.8, 4) is 11.5 Å². The molecule has 0 radical (unpaired) electrons. The van der Waals surface area contributed by atoms with Crippen LogP contribution < -0.4 is 14.8 Å². The molecule has 1 aliphatic carbocycles. The predicted octanol–water partition coefficient (Wildman–Crippen LogP) is 6.31. The standard InChI is InChI=1S/C30H25BrFNO5/c1-4-37-30(35)24-16(2)33-27-19-10-6-7-11-20(19)28(34)26(27)25(24)18-13-21(31)29(23(14-18)36-3)38-15-17-9-5-8-12-22(17)32/h5-14,25,33H,4,15H2,1-3H3/t25-/m1/s1. The van der Waals surface area contributed by atoms with Gasteiger partial charge in [-0.05, 0) is 53.5 Å².